The van der Waals surface area contributed by atoms with Gasteiger partial charge in [-0.05, 0) is 57.7 Å². The Morgan fingerprint density at radius 3 is 2.29 bits per heavy atom. The average molecular weight is 487 g/mol. The molecule has 0 aliphatic carbocycles. The number of hydrogen-bond donors (Lipinski definition) is 2. The smallest absolute Gasteiger partial charge is 0.408 e. The first-order chi connectivity index (χ1) is 16.4. The topological polar surface area (TPSA) is 125 Å². The van der Waals surface area contributed by atoms with Gasteiger partial charge in [0.2, 0.25) is 5.91 Å². The van der Waals surface area contributed by atoms with Gasteiger partial charge in [0.05, 0.1) is 11.1 Å². The van der Waals surface area contributed by atoms with E-state index in [0.717, 1.165) is 0 Å². The summed E-state index contributed by atoms with van der Waals surface area (Å²) in [7, 11) is 0. The van der Waals surface area contributed by atoms with Crippen LogP contribution in [0.25, 0.3) is 0 Å². The van der Waals surface area contributed by atoms with Gasteiger partial charge in [0.25, 0.3) is 17.7 Å². The second-order valence-corrected chi connectivity index (χ2v) is 10.4. The number of imide groups is 1. The zero-order valence-electron chi connectivity index (χ0n) is 21.0. The molecule has 35 heavy (non-hydrogen) atoms. The van der Waals surface area contributed by atoms with Gasteiger partial charge in [-0.2, -0.15) is 0 Å². The quantitative estimate of drug-likeness (QED) is 0.594. The predicted octanol–water partition coefficient (Wildman–Crippen LogP) is 2.18. The van der Waals surface area contributed by atoms with E-state index in [0.29, 0.717) is 43.6 Å². The van der Waals surface area contributed by atoms with Crippen molar-refractivity contribution < 1.29 is 28.7 Å². The van der Waals surface area contributed by atoms with E-state index in [4.69, 9.17) is 4.74 Å². The Labute approximate surface area is 205 Å². The van der Waals surface area contributed by atoms with Crippen LogP contribution < -0.4 is 10.6 Å². The molecule has 0 atom stereocenters. The SMILES string of the molecule is CC(C)CN1C(=O)c2ccc(C(=O)NC3CCN(C(=O)CNC(=O)OC(C)(C)C)CC3)cc2C1=O. The van der Waals surface area contributed by atoms with Crippen molar-refractivity contribution >= 4 is 29.7 Å². The highest BCUT2D eigenvalue weighted by molar-refractivity contribution is 6.22. The third-order valence-corrected chi connectivity index (χ3v) is 5.75. The molecule has 10 nitrogen and oxygen atoms in total. The second kappa shape index (κ2) is 10.5. The van der Waals surface area contributed by atoms with E-state index in [1.165, 1.54) is 17.0 Å². The van der Waals surface area contributed by atoms with Crippen molar-refractivity contribution in [1.82, 2.24) is 20.4 Å². The van der Waals surface area contributed by atoms with Gasteiger partial charge in [0.1, 0.15) is 12.1 Å². The lowest BCUT2D eigenvalue weighted by Crippen LogP contribution is -2.49. The van der Waals surface area contributed by atoms with E-state index in [1.807, 2.05) is 13.8 Å². The molecule has 0 radical (unpaired) electrons. The molecule has 0 unspecified atom stereocenters. The maximum Gasteiger partial charge on any atom is 0.408 e. The first kappa shape index (κ1) is 26.2. The fourth-order valence-corrected chi connectivity index (χ4v) is 4.08. The van der Waals surface area contributed by atoms with Crippen molar-refractivity contribution in [3.8, 4) is 0 Å². The van der Waals surface area contributed by atoms with Crippen LogP contribution >= 0.6 is 0 Å². The lowest BCUT2D eigenvalue weighted by Gasteiger charge is -2.32. The number of rotatable bonds is 6. The maximum atomic E-state index is 12.8. The van der Waals surface area contributed by atoms with Gasteiger partial charge in [-0.3, -0.25) is 24.1 Å². The normalized spacial score (nSPS) is 16.4. The third kappa shape index (κ3) is 6.58. The van der Waals surface area contributed by atoms with Crippen molar-refractivity contribution in [1.29, 1.82) is 0 Å². The molecule has 1 fully saturated rings. The van der Waals surface area contributed by atoms with E-state index < -0.39 is 11.7 Å². The van der Waals surface area contributed by atoms with Crippen LogP contribution in [-0.2, 0) is 9.53 Å². The summed E-state index contributed by atoms with van der Waals surface area (Å²) in [5.41, 5.74) is 0.246. The minimum atomic E-state index is -0.644. The van der Waals surface area contributed by atoms with E-state index in [2.05, 4.69) is 10.6 Å². The van der Waals surface area contributed by atoms with Gasteiger partial charge in [-0.1, -0.05) is 13.8 Å². The minimum absolute atomic E-state index is 0.131. The van der Waals surface area contributed by atoms with Crippen LogP contribution in [0.1, 0.15) is 78.5 Å². The zero-order valence-corrected chi connectivity index (χ0v) is 21.0. The molecule has 5 amide bonds. The summed E-state index contributed by atoms with van der Waals surface area (Å²) in [5.74, 6) is -1.10. The summed E-state index contributed by atoms with van der Waals surface area (Å²) < 4.78 is 5.13. The predicted molar refractivity (Wildman–Crippen MR) is 128 cm³/mol. The van der Waals surface area contributed by atoms with Gasteiger partial charge in [0.15, 0.2) is 0 Å². The molecule has 0 bridgehead atoms. The van der Waals surface area contributed by atoms with Crippen molar-refractivity contribution in [2.24, 2.45) is 5.92 Å². The first-order valence-corrected chi connectivity index (χ1v) is 11.9. The molecule has 190 valence electrons. The summed E-state index contributed by atoms with van der Waals surface area (Å²) in [6, 6.07) is 4.43. The van der Waals surface area contributed by atoms with Crippen molar-refractivity contribution in [2.75, 3.05) is 26.2 Å². The number of carbonyl (C=O) groups is 5. The van der Waals surface area contributed by atoms with Crippen LogP contribution in [0.5, 0.6) is 0 Å². The second-order valence-electron chi connectivity index (χ2n) is 10.4. The van der Waals surface area contributed by atoms with E-state index in [9.17, 15) is 24.0 Å². The Morgan fingerprint density at radius 2 is 1.69 bits per heavy atom. The Morgan fingerprint density at radius 1 is 1.06 bits per heavy atom. The Balaban J connectivity index is 1.50. The van der Waals surface area contributed by atoms with E-state index in [-0.39, 0.29) is 47.7 Å². The minimum Gasteiger partial charge on any atom is -0.444 e. The molecule has 1 aromatic carbocycles. The summed E-state index contributed by atoms with van der Waals surface area (Å²) in [6.45, 7) is 10.2. The lowest BCUT2D eigenvalue weighted by atomic mass is 10.0. The van der Waals surface area contributed by atoms with Gasteiger partial charge >= 0.3 is 6.09 Å². The molecule has 1 saturated heterocycles. The molecule has 2 aliphatic rings. The standard InChI is InChI=1S/C25H34N4O6/c1-15(2)14-29-22(32)18-7-6-16(12-19(18)23(29)33)21(31)27-17-8-10-28(11-9-17)20(30)13-26-24(34)35-25(3,4)5/h6-7,12,15,17H,8-11,13-14H2,1-5H3,(H,26,34)(H,27,31). The molecule has 2 N–H and O–H groups in total. The van der Waals surface area contributed by atoms with Crippen LogP contribution in [0.2, 0.25) is 0 Å². The largest absolute Gasteiger partial charge is 0.444 e. The molecular formula is C25H34N4O6. The molecule has 10 heteroatoms. The Hall–Kier alpha value is -3.43. The lowest BCUT2D eigenvalue weighted by molar-refractivity contribution is -0.131. The number of nitrogens with one attached hydrogen (secondary N) is 2. The monoisotopic (exact) mass is 486 g/mol. The van der Waals surface area contributed by atoms with Gasteiger partial charge in [-0.15, -0.1) is 0 Å². The van der Waals surface area contributed by atoms with Crippen LogP contribution in [0, 0.1) is 5.92 Å². The molecule has 0 saturated carbocycles. The molecule has 1 aromatic rings. The number of hydrogen-bond acceptors (Lipinski definition) is 6. The summed E-state index contributed by atoms with van der Waals surface area (Å²) >= 11 is 0. The van der Waals surface area contributed by atoms with Crippen molar-refractivity contribution in [3.63, 3.8) is 0 Å². The highest BCUT2D eigenvalue weighted by atomic mass is 16.6. The number of carbonyl (C=O) groups excluding carboxylic acids is 5. The Kier molecular flexibility index (Phi) is 7.82. The molecule has 2 aliphatic heterocycles. The third-order valence-electron chi connectivity index (χ3n) is 5.75. The van der Waals surface area contributed by atoms with Crippen LogP contribution in [0.4, 0.5) is 4.79 Å². The fraction of sp³-hybridized carbons (Fsp3) is 0.560. The highest BCUT2D eigenvalue weighted by Crippen LogP contribution is 2.25. The van der Waals surface area contributed by atoms with Crippen molar-refractivity contribution in [2.45, 2.75) is 59.1 Å². The van der Waals surface area contributed by atoms with Gasteiger partial charge in [-0.25, -0.2) is 4.79 Å². The number of alkyl carbamates (subject to hydrolysis) is 1. The van der Waals surface area contributed by atoms with E-state index >= 15 is 0 Å². The van der Waals surface area contributed by atoms with E-state index in [1.54, 1.807) is 31.7 Å². The number of fused-ring (bicyclic) bond motifs is 1. The molecule has 0 aromatic heterocycles. The van der Waals surface area contributed by atoms with Gasteiger partial charge in [0, 0.05) is 31.2 Å². The molecule has 2 heterocycles. The van der Waals surface area contributed by atoms with Crippen molar-refractivity contribution in [3.05, 3.63) is 34.9 Å². The number of amides is 5. The fourth-order valence-electron chi connectivity index (χ4n) is 4.08. The average Bonchev–Trinajstić information content (AvgIpc) is 3.00. The van der Waals surface area contributed by atoms with Gasteiger partial charge < -0.3 is 20.3 Å². The summed E-state index contributed by atoms with van der Waals surface area (Å²) in [6.07, 6.45) is 0.484. The van der Waals surface area contributed by atoms with Crippen LogP contribution in [0.15, 0.2) is 18.2 Å². The van der Waals surface area contributed by atoms with Crippen LogP contribution in [-0.4, -0.2) is 77.3 Å². The summed E-state index contributed by atoms with van der Waals surface area (Å²) in [5, 5.41) is 5.42. The number of likely N-dealkylation sites (tertiary alicyclic amines) is 1. The highest BCUT2D eigenvalue weighted by Gasteiger charge is 2.36. The molecule has 3 rings (SSSR count). The molecular weight excluding hydrogens is 452 g/mol. The number of nitrogens with zero attached hydrogens (tertiary/aromatic N) is 2. The number of ether oxygens (including phenoxy) is 1. The Bertz CT molecular complexity index is 1020. The zero-order chi connectivity index (χ0) is 25.9. The summed E-state index contributed by atoms with van der Waals surface area (Å²) in [4.78, 5) is 65.0. The number of benzene rings is 1. The van der Waals surface area contributed by atoms with Crippen LogP contribution in [0.3, 0.4) is 0 Å². The maximum absolute atomic E-state index is 12.8. The number of piperidine rings is 1. The molecule has 0 spiro atoms. The first-order valence-electron chi connectivity index (χ1n) is 11.9.